The summed E-state index contributed by atoms with van der Waals surface area (Å²) in [7, 11) is 0. The number of nitrogens with zero attached hydrogens (tertiary/aromatic N) is 1. The molecule has 0 radical (unpaired) electrons. The smallest absolute Gasteiger partial charge is 0.0835 e. The van der Waals surface area contributed by atoms with E-state index in [0.29, 0.717) is 5.92 Å². The minimum Gasteiger partial charge on any atom is -0.391 e. The van der Waals surface area contributed by atoms with Crippen LogP contribution >= 0.6 is 11.8 Å². The molecule has 1 atom stereocenters. The third kappa shape index (κ3) is 2.70. The Labute approximate surface area is 114 Å². The number of hydrogen-bond donors (Lipinski definition) is 1. The maximum atomic E-state index is 10.3. The molecule has 1 N–H and O–H groups in total. The maximum absolute atomic E-state index is 10.3. The summed E-state index contributed by atoms with van der Waals surface area (Å²) < 4.78 is 0. The molecule has 0 saturated heterocycles. The van der Waals surface area contributed by atoms with E-state index in [1.165, 1.54) is 18.6 Å². The number of aliphatic hydroxyl groups excluding tert-OH is 1. The van der Waals surface area contributed by atoms with Crippen LogP contribution in [0.3, 0.4) is 0 Å². The zero-order chi connectivity index (χ0) is 12.6. The van der Waals surface area contributed by atoms with Gasteiger partial charge in [0.2, 0.25) is 0 Å². The number of rotatable bonds is 5. The maximum Gasteiger partial charge on any atom is 0.0835 e. The second kappa shape index (κ2) is 5.06. The molecule has 3 fully saturated rings. The number of aliphatic hydroxyl groups is 1. The molecule has 2 nitrogen and oxygen atoms in total. The molecule has 0 aromatic carbocycles. The molecule has 0 spiro atoms. The van der Waals surface area contributed by atoms with Crippen LogP contribution in [0, 0.1) is 28.6 Å². The first-order valence-electron chi connectivity index (χ1n) is 7.44. The third-order valence-corrected chi connectivity index (χ3v) is 6.55. The highest BCUT2D eigenvalue weighted by Gasteiger charge is 2.48. The van der Waals surface area contributed by atoms with Gasteiger partial charge in [-0.05, 0) is 69.0 Å². The van der Waals surface area contributed by atoms with E-state index in [-0.39, 0.29) is 6.10 Å². The second-order valence-electron chi connectivity index (χ2n) is 6.53. The number of thioether (sulfide) groups is 1. The zero-order valence-electron chi connectivity index (χ0n) is 11.0. The lowest BCUT2D eigenvalue weighted by atomic mass is 9.70. The van der Waals surface area contributed by atoms with Crippen molar-refractivity contribution in [2.75, 3.05) is 5.75 Å². The molecule has 0 heterocycles. The molecular weight excluding hydrogens is 242 g/mol. The van der Waals surface area contributed by atoms with Gasteiger partial charge >= 0.3 is 0 Å². The molecule has 3 rings (SSSR count). The van der Waals surface area contributed by atoms with Crippen LogP contribution in [0.2, 0.25) is 0 Å². The zero-order valence-corrected chi connectivity index (χ0v) is 11.8. The van der Waals surface area contributed by atoms with Gasteiger partial charge in [-0.3, -0.25) is 0 Å². The third-order valence-electron chi connectivity index (χ3n) is 4.95. The van der Waals surface area contributed by atoms with Crippen LogP contribution in [-0.2, 0) is 0 Å². The Kier molecular flexibility index (Phi) is 3.60. The summed E-state index contributed by atoms with van der Waals surface area (Å²) in [5.74, 6) is 2.75. The van der Waals surface area contributed by atoms with E-state index in [1.54, 1.807) is 0 Å². The lowest BCUT2D eigenvalue weighted by Crippen LogP contribution is -2.39. The van der Waals surface area contributed by atoms with Crippen molar-refractivity contribution in [2.45, 2.75) is 62.7 Å². The quantitative estimate of drug-likeness (QED) is 0.829. The summed E-state index contributed by atoms with van der Waals surface area (Å²) in [5, 5.41) is 20.6. The molecule has 18 heavy (non-hydrogen) atoms. The van der Waals surface area contributed by atoms with E-state index in [1.807, 2.05) is 0 Å². The molecule has 3 aliphatic rings. The van der Waals surface area contributed by atoms with Crippen molar-refractivity contribution in [3.63, 3.8) is 0 Å². The standard InChI is InChI=1S/C15H23NOS/c16-10-15(14(17)12-3-4-12)7-5-13(6-8-15)18-9-11-1-2-11/h11-14,17H,1-9H2. The van der Waals surface area contributed by atoms with Crippen molar-refractivity contribution in [2.24, 2.45) is 17.3 Å². The molecule has 100 valence electrons. The summed E-state index contributed by atoms with van der Waals surface area (Å²) in [5.41, 5.74) is -0.405. The van der Waals surface area contributed by atoms with Crippen LogP contribution in [0.4, 0.5) is 0 Å². The van der Waals surface area contributed by atoms with Crippen molar-refractivity contribution in [3.05, 3.63) is 0 Å². The minimum absolute atomic E-state index is 0.350. The van der Waals surface area contributed by atoms with E-state index < -0.39 is 5.41 Å². The van der Waals surface area contributed by atoms with E-state index in [9.17, 15) is 10.4 Å². The summed E-state index contributed by atoms with van der Waals surface area (Å²) in [4.78, 5) is 0. The first kappa shape index (κ1) is 12.8. The second-order valence-corrected chi connectivity index (χ2v) is 7.86. The molecule has 0 aromatic heterocycles. The normalized spacial score (nSPS) is 38.1. The Bertz CT molecular complexity index is 335. The van der Waals surface area contributed by atoms with Gasteiger partial charge in [-0.2, -0.15) is 17.0 Å². The Morgan fingerprint density at radius 2 is 1.83 bits per heavy atom. The fraction of sp³-hybridized carbons (Fsp3) is 0.933. The molecule has 0 bridgehead atoms. The summed E-state index contributed by atoms with van der Waals surface area (Å²) in [6, 6.07) is 2.48. The first-order valence-corrected chi connectivity index (χ1v) is 8.49. The van der Waals surface area contributed by atoms with Gasteiger partial charge in [0.05, 0.1) is 17.6 Å². The molecule has 1 unspecified atom stereocenters. The van der Waals surface area contributed by atoms with Gasteiger partial charge in [0.25, 0.3) is 0 Å². The van der Waals surface area contributed by atoms with E-state index in [4.69, 9.17) is 0 Å². The summed E-state index contributed by atoms with van der Waals surface area (Å²) in [6.07, 6.45) is 8.88. The van der Waals surface area contributed by atoms with Gasteiger partial charge < -0.3 is 5.11 Å². The Morgan fingerprint density at radius 1 is 1.17 bits per heavy atom. The van der Waals surface area contributed by atoms with Crippen LogP contribution in [-0.4, -0.2) is 22.2 Å². The molecule has 3 heteroatoms. The highest BCUT2D eigenvalue weighted by molar-refractivity contribution is 7.99. The van der Waals surface area contributed by atoms with Crippen LogP contribution in [0.1, 0.15) is 51.4 Å². The van der Waals surface area contributed by atoms with Gasteiger partial charge in [0.1, 0.15) is 0 Å². The molecule has 3 aliphatic carbocycles. The van der Waals surface area contributed by atoms with Crippen LogP contribution in [0.15, 0.2) is 0 Å². The van der Waals surface area contributed by atoms with Gasteiger partial charge in [-0.1, -0.05) is 0 Å². The largest absolute Gasteiger partial charge is 0.391 e. The Balaban J connectivity index is 1.51. The van der Waals surface area contributed by atoms with Gasteiger partial charge in [-0.15, -0.1) is 0 Å². The summed E-state index contributed by atoms with van der Waals surface area (Å²) >= 11 is 2.12. The van der Waals surface area contributed by atoms with Crippen molar-refractivity contribution in [3.8, 4) is 6.07 Å². The molecule has 3 saturated carbocycles. The lowest BCUT2D eigenvalue weighted by Gasteiger charge is -2.38. The summed E-state index contributed by atoms with van der Waals surface area (Å²) in [6.45, 7) is 0. The van der Waals surface area contributed by atoms with E-state index in [2.05, 4.69) is 17.8 Å². The SMILES string of the molecule is N#CC1(C(O)C2CC2)CCC(SCC2CC2)CC1. The fourth-order valence-corrected chi connectivity index (χ4v) is 4.61. The monoisotopic (exact) mass is 265 g/mol. The highest BCUT2D eigenvalue weighted by Crippen LogP contribution is 2.49. The first-order chi connectivity index (χ1) is 8.73. The van der Waals surface area contributed by atoms with Crippen molar-refractivity contribution in [1.29, 1.82) is 5.26 Å². The molecule has 0 aromatic rings. The van der Waals surface area contributed by atoms with E-state index >= 15 is 0 Å². The Hall–Kier alpha value is -0.200. The van der Waals surface area contributed by atoms with Crippen LogP contribution in [0.25, 0.3) is 0 Å². The van der Waals surface area contributed by atoms with Crippen molar-refractivity contribution in [1.82, 2.24) is 0 Å². The van der Waals surface area contributed by atoms with Gasteiger partial charge in [0.15, 0.2) is 0 Å². The molecule has 0 aliphatic heterocycles. The minimum atomic E-state index is -0.405. The molecule has 0 amide bonds. The average molecular weight is 265 g/mol. The van der Waals surface area contributed by atoms with Crippen molar-refractivity contribution >= 4 is 11.8 Å². The van der Waals surface area contributed by atoms with Crippen LogP contribution in [0.5, 0.6) is 0 Å². The highest BCUT2D eigenvalue weighted by atomic mass is 32.2. The van der Waals surface area contributed by atoms with Gasteiger partial charge in [-0.25, -0.2) is 0 Å². The fourth-order valence-electron chi connectivity index (χ4n) is 3.17. The molecular formula is C15H23NOS. The predicted octanol–water partition coefficient (Wildman–Crippen LogP) is 3.35. The lowest BCUT2D eigenvalue weighted by molar-refractivity contribution is 0.0216. The van der Waals surface area contributed by atoms with Gasteiger partial charge in [0, 0.05) is 5.25 Å². The number of hydrogen-bond acceptors (Lipinski definition) is 3. The van der Waals surface area contributed by atoms with E-state index in [0.717, 1.165) is 49.7 Å². The predicted molar refractivity (Wildman–Crippen MR) is 74.2 cm³/mol. The average Bonchev–Trinajstić information content (AvgIpc) is 3.30. The Morgan fingerprint density at radius 3 is 2.33 bits per heavy atom. The topological polar surface area (TPSA) is 44.0 Å². The number of nitriles is 1. The van der Waals surface area contributed by atoms with Crippen molar-refractivity contribution < 1.29 is 5.11 Å². The van der Waals surface area contributed by atoms with Crippen LogP contribution < -0.4 is 0 Å².